The third-order valence-electron chi connectivity index (χ3n) is 5.96. The standard InChI is InChI=1S/C21H26N2O4.C7H8/c1-15(23-10-9-19(4-3-11-24)27-21(23)25)16-5-7-17(8-6-16)18-12-20(26-2)14-22-13-18;1-7-5-3-2-4-6-7/h5-8,12-15,19,24H,3-4,9-11H2,1-2H3;2-6H,1H3. The highest BCUT2D eigenvalue weighted by atomic mass is 16.6. The molecule has 0 saturated carbocycles. The van der Waals surface area contributed by atoms with Gasteiger partial charge in [-0.25, -0.2) is 4.79 Å². The van der Waals surface area contributed by atoms with E-state index in [0.717, 1.165) is 28.9 Å². The largest absolute Gasteiger partial charge is 0.495 e. The first-order valence-corrected chi connectivity index (χ1v) is 11.7. The van der Waals surface area contributed by atoms with Crippen molar-refractivity contribution in [1.82, 2.24) is 9.88 Å². The van der Waals surface area contributed by atoms with Gasteiger partial charge in [-0.15, -0.1) is 0 Å². The van der Waals surface area contributed by atoms with E-state index >= 15 is 0 Å². The second kappa shape index (κ2) is 12.8. The number of cyclic esters (lactones) is 1. The predicted octanol–water partition coefficient (Wildman–Crippen LogP) is 5.80. The molecule has 0 bridgehead atoms. The van der Waals surface area contributed by atoms with Crippen LogP contribution < -0.4 is 4.74 Å². The molecular formula is C28H34N2O4. The lowest BCUT2D eigenvalue weighted by Crippen LogP contribution is -2.43. The number of methoxy groups -OCH3 is 1. The zero-order valence-corrected chi connectivity index (χ0v) is 20.2. The monoisotopic (exact) mass is 462 g/mol. The number of aromatic nitrogens is 1. The van der Waals surface area contributed by atoms with Gasteiger partial charge in [-0.2, -0.15) is 0 Å². The number of aliphatic hydroxyl groups is 1. The van der Waals surface area contributed by atoms with Crippen molar-refractivity contribution in [3.63, 3.8) is 0 Å². The molecule has 1 aromatic heterocycles. The number of ether oxygens (including phenoxy) is 2. The maximum Gasteiger partial charge on any atom is 0.410 e. The van der Waals surface area contributed by atoms with Gasteiger partial charge in [0.25, 0.3) is 0 Å². The van der Waals surface area contributed by atoms with Crippen molar-refractivity contribution >= 4 is 6.09 Å². The number of nitrogens with zero attached hydrogens (tertiary/aromatic N) is 2. The number of carbonyl (C=O) groups excluding carboxylic acids is 1. The van der Waals surface area contributed by atoms with Crippen LogP contribution in [0.1, 0.15) is 43.4 Å². The van der Waals surface area contributed by atoms with E-state index in [4.69, 9.17) is 14.6 Å². The van der Waals surface area contributed by atoms with Gasteiger partial charge in [-0.1, -0.05) is 60.2 Å². The Morgan fingerprint density at radius 1 is 1.12 bits per heavy atom. The fraction of sp³-hybridized carbons (Fsp3) is 0.357. The summed E-state index contributed by atoms with van der Waals surface area (Å²) in [6.45, 7) is 4.89. The third kappa shape index (κ3) is 7.06. The number of pyridine rings is 1. The topological polar surface area (TPSA) is 71.9 Å². The van der Waals surface area contributed by atoms with Gasteiger partial charge in [0.05, 0.1) is 19.3 Å². The number of aryl methyl sites for hydroxylation is 1. The van der Waals surface area contributed by atoms with Gasteiger partial charge in [0.2, 0.25) is 0 Å². The molecule has 34 heavy (non-hydrogen) atoms. The van der Waals surface area contributed by atoms with E-state index in [1.807, 2.05) is 55.5 Å². The Kier molecular flexibility index (Phi) is 9.47. The van der Waals surface area contributed by atoms with Gasteiger partial charge in [-0.3, -0.25) is 4.98 Å². The van der Waals surface area contributed by atoms with E-state index in [1.165, 1.54) is 5.56 Å². The van der Waals surface area contributed by atoms with Gasteiger partial charge in [0.1, 0.15) is 11.9 Å². The Labute approximate surface area is 202 Å². The lowest BCUT2D eigenvalue weighted by atomic mass is 10.0. The van der Waals surface area contributed by atoms with Crippen LogP contribution in [0.5, 0.6) is 5.75 Å². The normalized spacial score (nSPS) is 16.2. The van der Waals surface area contributed by atoms with Crippen LogP contribution in [0.4, 0.5) is 4.79 Å². The van der Waals surface area contributed by atoms with Gasteiger partial charge < -0.3 is 19.5 Å². The van der Waals surface area contributed by atoms with Crippen LogP contribution in [0.3, 0.4) is 0 Å². The first-order chi connectivity index (χ1) is 16.5. The number of amides is 1. The molecule has 2 aromatic carbocycles. The molecule has 4 rings (SSSR count). The summed E-state index contributed by atoms with van der Waals surface area (Å²) < 4.78 is 10.7. The lowest BCUT2D eigenvalue weighted by Gasteiger charge is -2.35. The second-order valence-corrected chi connectivity index (χ2v) is 8.42. The maximum atomic E-state index is 12.4. The van der Waals surface area contributed by atoms with Crippen LogP contribution in [-0.4, -0.2) is 47.4 Å². The van der Waals surface area contributed by atoms with Crippen molar-refractivity contribution in [1.29, 1.82) is 0 Å². The minimum atomic E-state index is -0.280. The van der Waals surface area contributed by atoms with Crippen molar-refractivity contribution in [2.45, 2.75) is 45.3 Å². The van der Waals surface area contributed by atoms with Crippen molar-refractivity contribution in [3.05, 3.63) is 84.2 Å². The summed E-state index contributed by atoms with van der Waals surface area (Å²) in [6, 6.07) is 20.3. The lowest BCUT2D eigenvalue weighted by molar-refractivity contribution is 0.00760. The van der Waals surface area contributed by atoms with Crippen LogP contribution >= 0.6 is 0 Å². The summed E-state index contributed by atoms with van der Waals surface area (Å²) in [5.74, 6) is 0.719. The molecule has 0 aliphatic carbocycles. The average Bonchev–Trinajstić information content (AvgIpc) is 2.88. The Hall–Kier alpha value is -3.38. The van der Waals surface area contributed by atoms with E-state index in [1.54, 1.807) is 24.4 Å². The maximum absolute atomic E-state index is 12.4. The Morgan fingerprint density at radius 2 is 1.85 bits per heavy atom. The molecule has 2 atom stereocenters. The van der Waals surface area contributed by atoms with Crippen LogP contribution in [0.25, 0.3) is 11.1 Å². The van der Waals surface area contributed by atoms with Gasteiger partial charge in [-0.05, 0) is 43.9 Å². The first kappa shape index (κ1) is 25.2. The van der Waals surface area contributed by atoms with Crippen molar-refractivity contribution in [2.24, 2.45) is 0 Å². The summed E-state index contributed by atoms with van der Waals surface area (Å²) in [5, 5.41) is 8.92. The van der Waals surface area contributed by atoms with E-state index in [2.05, 4.69) is 24.0 Å². The Balaban J connectivity index is 0.000000396. The van der Waals surface area contributed by atoms with Gasteiger partial charge in [0.15, 0.2) is 0 Å². The summed E-state index contributed by atoms with van der Waals surface area (Å²) >= 11 is 0. The van der Waals surface area contributed by atoms with E-state index in [0.29, 0.717) is 19.4 Å². The summed E-state index contributed by atoms with van der Waals surface area (Å²) in [6.07, 6.45) is 5.28. The molecule has 0 spiro atoms. The average molecular weight is 463 g/mol. The second-order valence-electron chi connectivity index (χ2n) is 8.42. The molecule has 1 aliphatic rings. The highest BCUT2D eigenvalue weighted by Crippen LogP contribution is 2.29. The molecule has 1 N–H and O–H groups in total. The Bertz CT molecular complexity index is 1020. The molecule has 1 amide bonds. The number of carbonyl (C=O) groups is 1. The van der Waals surface area contributed by atoms with Gasteiger partial charge in [0, 0.05) is 31.3 Å². The van der Waals surface area contributed by atoms with Crippen molar-refractivity contribution in [3.8, 4) is 16.9 Å². The Morgan fingerprint density at radius 3 is 2.44 bits per heavy atom. The quantitative estimate of drug-likeness (QED) is 0.481. The fourth-order valence-electron chi connectivity index (χ4n) is 3.87. The molecule has 6 nitrogen and oxygen atoms in total. The number of hydrogen-bond donors (Lipinski definition) is 1. The van der Waals surface area contributed by atoms with E-state index in [9.17, 15) is 4.79 Å². The van der Waals surface area contributed by atoms with Crippen LogP contribution in [0.15, 0.2) is 73.1 Å². The van der Waals surface area contributed by atoms with Crippen molar-refractivity contribution in [2.75, 3.05) is 20.3 Å². The summed E-state index contributed by atoms with van der Waals surface area (Å²) in [7, 11) is 1.62. The number of benzene rings is 2. The molecule has 1 saturated heterocycles. The van der Waals surface area contributed by atoms with E-state index < -0.39 is 0 Å². The minimum Gasteiger partial charge on any atom is -0.495 e. The van der Waals surface area contributed by atoms with Crippen LogP contribution in [-0.2, 0) is 4.74 Å². The van der Waals surface area contributed by atoms with Crippen LogP contribution in [0, 0.1) is 6.92 Å². The molecule has 1 fully saturated rings. The third-order valence-corrected chi connectivity index (χ3v) is 5.96. The highest BCUT2D eigenvalue weighted by molar-refractivity contribution is 5.69. The molecule has 3 aromatic rings. The zero-order chi connectivity index (χ0) is 24.3. The molecule has 2 heterocycles. The first-order valence-electron chi connectivity index (χ1n) is 11.7. The summed E-state index contributed by atoms with van der Waals surface area (Å²) in [5.41, 5.74) is 4.41. The molecule has 2 unspecified atom stereocenters. The van der Waals surface area contributed by atoms with Crippen LogP contribution in [0.2, 0.25) is 0 Å². The van der Waals surface area contributed by atoms with Gasteiger partial charge >= 0.3 is 6.09 Å². The molecular weight excluding hydrogens is 428 g/mol. The fourth-order valence-corrected chi connectivity index (χ4v) is 3.87. The van der Waals surface area contributed by atoms with E-state index in [-0.39, 0.29) is 24.8 Å². The smallest absolute Gasteiger partial charge is 0.410 e. The molecule has 180 valence electrons. The zero-order valence-electron chi connectivity index (χ0n) is 20.2. The summed E-state index contributed by atoms with van der Waals surface area (Å²) in [4.78, 5) is 18.3. The molecule has 1 aliphatic heterocycles. The number of rotatable bonds is 7. The predicted molar refractivity (Wildman–Crippen MR) is 134 cm³/mol. The van der Waals surface area contributed by atoms with Crippen molar-refractivity contribution < 1.29 is 19.4 Å². The molecule has 0 radical (unpaired) electrons. The number of aliphatic hydroxyl groups excluding tert-OH is 1. The number of hydrogen-bond acceptors (Lipinski definition) is 5. The highest BCUT2D eigenvalue weighted by Gasteiger charge is 2.30. The molecule has 6 heteroatoms. The SMILES string of the molecule is COc1cncc(-c2ccc(C(C)N3CCC(CCCO)OC3=O)cc2)c1.Cc1ccccc1. The minimum absolute atomic E-state index is 0.0613.